The second-order valence-electron chi connectivity index (χ2n) is 27.0. The van der Waals surface area contributed by atoms with Crippen molar-refractivity contribution in [2.24, 2.45) is 0 Å². The molecule has 2 unspecified atom stereocenters. The predicted octanol–water partition coefficient (Wildman–Crippen LogP) is 25.2. The largest absolute Gasteiger partial charge is 0.472 e. The summed E-state index contributed by atoms with van der Waals surface area (Å²) >= 11 is 0. The highest BCUT2D eigenvalue weighted by molar-refractivity contribution is 7.47. The Bertz CT molecular complexity index is 2990. The molecule has 0 aliphatic carbocycles. The molecule has 17 nitrogen and oxygen atoms in total. The number of unbranched alkanes of at least 4 members (excludes halogenated alkanes) is 14. The number of hydrogen-bond donors (Lipinski definition) is 3. The van der Waals surface area contributed by atoms with Gasteiger partial charge >= 0.3 is 39.5 Å². The van der Waals surface area contributed by atoms with Gasteiger partial charge in [-0.2, -0.15) is 0 Å². The van der Waals surface area contributed by atoms with E-state index in [9.17, 15) is 43.2 Å². The molecule has 0 saturated carbocycles. The van der Waals surface area contributed by atoms with Crippen molar-refractivity contribution in [1.82, 2.24) is 0 Å². The Kier molecular flexibility index (Phi) is 77.5. The van der Waals surface area contributed by atoms with E-state index in [1.165, 1.54) is 57.8 Å². The van der Waals surface area contributed by atoms with E-state index in [4.69, 9.17) is 37.0 Å². The molecule has 0 heterocycles. The minimum absolute atomic E-state index is 0.00171. The highest BCUT2D eigenvalue weighted by Crippen LogP contribution is 2.45. The number of phosphoric ester groups is 2. The van der Waals surface area contributed by atoms with Crippen LogP contribution in [0.2, 0.25) is 0 Å². The number of rotatable bonds is 76. The highest BCUT2D eigenvalue weighted by atomic mass is 31.2. The molecule has 0 amide bonds. The number of phosphoric acid groups is 2. The number of allylic oxidation sites excluding steroid dienone is 36. The number of aliphatic hydroxyl groups excluding tert-OH is 1. The van der Waals surface area contributed by atoms with Crippen molar-refractivity contribution in [3.8, 4) is 0 Å². The van der Waals surface area contributed by atoms with Crippen molar-refractivity contribution in [2.75, 3.05) is 39.6 Å². The lowest BCUT2D eigenvalue weighted by Crippen LogP contribution is -2.30. The maximum absolute atomic E-state index is 13.1. The summed E-state index contributed by atoms with van der Waals surface area (Å²) in [5, 5.41) is 10.7. The molecule has 0 aromatic rings. The van der Waals surface area contributed by atoms with Gasteiger partial charge in [0.2, 0.25) is 0 Å². The van der Waals surface area contributed by atoms with Gasteiger partial charge in [-0.25, -0.2) is 9.13 Å². The lowest BCUT2D eigenvalue weighted by molar-refractivity contribution is -0.161. The summed E-state index contributed by atoms with van der Waals surface area (Å²) in [5.74, 6) is -2.47. The quantitative estimate of drug-likeness (QED) is 0.0169. The summed E-state index contributed by atoms with van der Waals surface area (Å²) < 4.78 is 68.5. The Balaban J connectivity index is 5.61. The maximum atomic E-state index is 13.1. The topological polar surface area (TPSA) is 237 Å². The van der Waals surface area contributed by atoms with Crippen LogP contribution in [0.3, 0.4) is 0 Å². The van der Waals surface area contributed by atoms with Gasteiger partial charge in [-0.3, -0.25) is 37.3 Å². The highest BCUT2D eigenvalue weighted by Gasteiger charge is 2.30. The molecular weight excluding hydrogens is 1450 g/mol. The van der Waals surface area contributed by atoms with E-state index >= 15 is 0 Å². The number of carbonyl (C=O) groups excluding carboxylic acids is 4. The standard InChI is InChI=1S/C93H146O17P2/c1-5-9-13-17-21-25-29-33-37-41-43-47-50-54-58-62-66-70-74-78-91(96)104-84-88(109-92(97)79-75-71-67-63-59-55-51-46-40-36-32-28-24-20-16-12-8-4)85-107-111(99,100)105-81-87(94)82-106-112(101,102)108-86-89(83-103-90(95)77-73-69-65-61-57-53-49-45-39-35-31-27-23-19-15-11-7-3)110-93(98)80-76-72-68-64-60-56-52-48-44-42-38-34-30-26-22-18-14-10-6-2/h9,13,21-28,33-40,43-44,47-49,51,53-56,58,60-61,63,65,67-68,72,87-89,94H,5-8,10-12,14-20,29-32,41-42,45-46,50,52,57,59,62,64,66,69-71,73-86H2,1-4H3,(H,99,100)(H,101,102)/b13-9-,25-21-,26-22-,27-23-,28-24-,37-33-,38-34-,39-35-,40-36-,47-43-,48-44-,53-49-,55-51-,58-54-,60-56-,65-61-,67-63-,72-68-/t87-,88-,89-/m1/s1. The number of esters is 4. The van der Waals surface area contributed by atoms with Gasteiger partial charge in [0.1, 0.15) is 19.3 Å². The summed E-state index contributed by atoms with van der Waals surface area (Å²) in [6.45, 7) is 4.40. The third-order valence-corrected chi connectivity index (χ3v) is 18.3. The average Bonchev–Trinajstić information content (AvgIpc) is 0.900. The molecule has 0 bridgehead atoms. The van der Waals surface area contributed by atoms with E-state index in [0.717, 1.165) is 128 Å². The molecule has 5 atom stereocenters. The Labute approximate surface area is 677 Å². The van der Waals surface area contributed by atoms with Crippen LogP contribution in [0.4, 0.5) is 0 Å². The Hall–Kier alpha value is -6.62. The first-order chi connectivity index (χ1) is 54.7. The smallest absolute Gasteiger partial charge is 0.462 e. The van der Waals surface area contributed by atoms with Gasteiger partial charge in [0.15, 0.2) is 12.2 Å². The molecule has 19 heteroatoms. The van der Waals surface area contributed by atoms with Crippen LogP contribution in [0, 0.1) is 0 Å². The third-order valence-electron chi connectivity index (χ3n) is 16.4. The molecule has 0 aromatic heterocycles. The fraction of sp³-hybridized carbons (Fsp3) is 0.570. The zero-order valence-electron chi connectivity index (χ0n) is 69.0. The van der Waals surface area contributed by atoms with Crippen molar-refractivity contribution in [1.29, 1.82) is 0 Å². The van der Waals surface area contributed by atoms with Crippen LogP contribution >= 0.6 is 15.6 Å². The van der Waals surface area contributed by atoms with Gasteiger partial charge in [0.25, 0.3) is 0 Å². The van der Waals surface area contributed by atoms with Crippen molar-refractivity contribution in [3.63, 3.8) is 0 Å². The molecular formula is C93H146O17P2. The molecule has 0 rings (SSSR count). The Morgan fingerprint density at radius 3 is 0.786 bits per heavy atom. The lowest BCUT2D eigenvalue weighted by Gasteiger charge is -2.21. The third kappa shape index (κ3) is 81.4. The lowest BCUT2D eigenvalue weighted by atomic mass is 10.1. The van der Waals surface area contributed by atoms with Crippen LogP contribution in [-0.4, -0.2) is 96.7 Å². The van der Waals surface area contributed by atoms with Crippen LogP contribution in [0.15, 0.2) is 219 Å². The fourth-order valence-corrected chi connectivity index (χ4v) is 11.6. The van der Waals surface area contributed by atoms with E-state index in [1.54, 1.807) is 0 Å². The molecule has 3 N–H and O–H groups in total. The average molecular weight is 1600 g/mol. The van der Waals surface area contributed by atoms with Gasteiger partial charge in [-0.1, -0.05) is 291 Å². The monoisotopic (exact) mass is 1600 g/mol. The first-order valence-electron chi connectivity index (χ1n) is 42.0. The Morgan fingerprint density at radius 2 is 0.491 bits per heavy atom. The van der Waals surface area contributed by atoms with Gasteiger partial charge in [0.05, 0.1) is 26.4 Å². The zero-order valence-corrected chi connectivity index (χ0v) is 70.8. The van der Waals surface area contributed by atoms with E-state index in [1.807, 2.05) is 42.5 Å². The molecule has 0 saturated heterocycles. The summed E-state index contributed by atoms with van der Waals surface area (Å²) in [5.41, 5.74) is 0. The molecule has 0 aromatic carbocycles. The van der Waals surface area contributed by atoms with Gasteiger partial charge in [-0.05, 0) is 186 Å². The van der Waals surface area contributed by atoms with Crippen LogP contribution < -0.4 is 0 Å². The molecule has 0 radical (unpaired) electrons. The van der Waals surface area contributed by atoms with E-state index in [2.05, 4.69) is 204 Å². The minimum Gasteiger partial charge on any atom is -0.462 e. The summed E-state index contributed by atoms with van der Waals surface area (Å²) in [6, 6.07) is 0. The van der Waals surface area contributed by atoms with Crippen molar-refractivity contribution in [2.45, 2.75) is 303 Å². The van der Waals surface area contributed by atoms with Crippen LogP contribution in [0.5, 0.6) is 0 Å². The van der Waals surface area contributed by atoms with Crippen LogP contribution in [0.25, 0.3) is 0 Å². The fourth-order valence-electron chi connectivity index (χ4n) is 10.0. The van der Waals surface area contributed by atoms with E-state index in [0.29, 0.717) is 44.9 Å². The summed E-state index contributed by atoms with van der Waals surface area (Å²) in [4.78, 5) is 73.1. The first-order valence-corrected chi connectivity index (χ1v) is 45.0. The van der Waals surface area contributed by atoms with Gasteiger partial charge in [-0.15, -0.1) is 0 Å². The zero-order chi connectivity index (χ0) is 81.7. The van der Waals surface area contributed by atoms with Crippen LogP contribution in [-0.2, 0) is 65.4 Å². The molecule has 112 heavy (non-hydrogen) atoms. The van der Waals surface area contributed by atoms with E-state index in [-0.39, 0.29) is 25.7 Å². The molecule has 0 fully saturated rings. The molecule has 0 spiro atoms. The van der Waals surface area contributed by atoms with Crippen molar-refractivity contribution < 1.29 is 80.2 Å². The number of ether oxygens (including phenoxy) is 4. The first kappa shape index (κ1) is 105. The normalized spacial score (nSPS) is 14.9. The van der Waals surface area contributed by atoms with Gasteiger partial charge in [0, 0.05) is 25.7 Å². The van der Waals surface area contributed by atoms with E-state index < -0.39 is 97.5 Å². The molecule has 630 valence electrons. The summed E-state index contributed by atoms with van der Waals surface area (Å²) in [6.07, 6.45) is 105. The van der Waals surface area contributed by atoms with Crippen molar-refractivity contribution >= 4 is 39.5 Å². The SMILES string of the molecule is CC/C=C\C/C=C\C/C=C\C/C=C\C/C=C\CCCCCC(=O)OC[C@H](COP(=O)(O)OC[C@@H](O)COP(=O)(O)OC[C@@H](COC(=O)CCC/C=C\C/C=C\C/C=C\C/C=C\CCCCC)OC(=O)CC/C=C\C/C=C\C/C=C\C/C=C\C/C=C\CCCCC)OC(=O)CCC/C=C\C/C=C\C/C=C\C/C=C\CCCCC. The maximum Gasteiger partial charge on any atom is 0.472 e. The molecule has 0 aliphatic heterocycles. The predicted molar refractivity (Wildman–Crippen MR) is 463 cm³/mol. The number of hydrogen-bond acceptors (Lipinski definition) is 15. The number of carbonyl (C=O) groups is 4. The van der Waals surface area contributed by atoms with Gasteiger partial charge < -0.3 is 33.8 Å². The van der Waals surface area contributed by atoms with Crippen molar-refractivity contribution in [3.05, 3.63) is 219 Å². The summed E-state index contributed by atoms with van der Waals surface area (Å²) in [7, 11) is -10.1. The molecule has 0 aliphatic rings. The Morgan fingerprint density at radius 1 is 0.259 bits per heavy atom. The second-order valence-corrected chi connectivity index (χ2v) is 29.9. The second kappa shape index (κ2) is 82.4. The van der Waals surface area contributed by atoms with Crippen LogP contribution in [0.1, 0.15) is 285 Å². The number of aliphatic hydroxyl groups is 1. The minimum atomic E-state index is -5.03.